The summed E-state index contributed by atoms with van der Waals surface area (Å²) in [5, 5.41) is 17.1. The average Bonchev–Trinajstić information content (AvgIpc) is 2.04. The first-order valence-electron chi connectivity index (χ1n) is 4.44. The van der Waals surface area contributed by atoms with Crippen LogP contribution in [0.2, 0.25) is 0 Å². The maximum Gasteiger partial charge on any atom is 0.132 e. The van der Waals surface area contributed by atoms with Crippen LogP contribution in [0.4, 0.5) is 0 Å². The molecule has 0 aromatic heterocycles. The summed E-state index contributed by atoms with van der Waals surface area (Å²) in [6.07, 6.45) is 2.84. The highest BCUT2D eigenvalue weighted by Gasteiger charge is 2.12. The summed E-state index contributed by atoms with van der Waals surface area (Å²) in [5.41, 5.74) is 0. The van der Waals surface area contributed by atoms with Crippen molar-refractivity contribution in [1.29, 1.82) is 0 Å². The first-order chi connectivity index (χ1) is 5.72. The van der Waals surface area contributed by atoms with Gasteiger partial charge in [-0.3, -0.25) is 4.79 Å². The van der Waals surface area contributed by atoms with Gasteiger partial charge >= 0.3 is 0 Å². The lowest BCUT2D eigenvalue weighted by Gasteiger charge is -2.11. The molecule has 0 saturated carbocycles. The monoisotopic (exact) mass is 174 g/mol. The van der Waals surface area contributed by atoms with Gasteiger partial charge in [-0.15, -0.1) is 0 Å². The van der Waals surface area contributed by atoms with Crippen molar-refractivity contribution >= 4 is 5.78 Å². The van der Waals surface area contributed by atoms with Crippen molar-refractivity contribution in [3.05, 3.63) is 0 Å². The molecule has 2 N–H and O–H groups in total. The molecule has 0 atom stereocenters. The molecular formula is C9H18O3. The summed E-state index contributed by atoms with van der Waals surface area (Å²) in [5.74, 6) is 0.196. The van der Waals surface area contributed by atoms with Crippen LogP contribution in [-0.2, 0) is 4.79 Å². The molecule has 0 fully saturated rings. The molecule has 0 bridgehead atoms. The minimum atomic E-state index is 0.0318. The lowest BCUT2D eigenvalue weighted by Crippen LogP contribution is -2.12. The number of aliphatic hydroxyl groups excluding tert-OH is 2. The summed E-state index contributed by atoms with van der Waals surface area (Å²) < 4.78 is 0. The van der Waals surface area contributed by atoms with E-state index in [0.717, 1.165) is 12.8 Å². The van der Waals surface area contributed by atoms with Crippen molar-refractivity contribution in [2.45, 2.75) is 32.6 Å². The predicted octanol–water partition coefficient (Wildman–Crippen LogP) is 0.737. The minimum Gasteiger partial charge on any atom is -0.396 e. The van der Waals surface area contributed by atoms with E-state index in [0.29, 0.717) is 12.8 Å². The van der Waals surface area contributed by atoms with Gasteiger partial charge in [0.1, 0.15) is 5.78 Å². The third-order valence-electron chi connectivity index (χ3n) is 2.00. The molecule has 0 aliphatic carbocycles. The molecule has 72 valence electrons. The van der Waals surface area contributed by atoms with E-state index in [9.17, 15) is 4.79 Å². The Hall–Kier alpha value is -0.410. The molecule has 0 rings (SSSR count). The molecule has 0 aliphatic heterocycles. The Morgan fingerprint density at radius 1 is 1.17 bits per heavy atom. The number of ketones is 1. The summed E-state index contributed by atoms with van der Waals surface area (Å²) >= 11 is 0. The van der Waals surface area contributed by atoms with E-state index >= 15 is 0 Å². The van der Waals surface area contributed by atoms with Crippen LogP contribution in [0.3, 0.4) is 0 Å². The van der Waals surface area contributed by atoms with E-state index in [1.54, 1.807) is 6.92 Å². The highest BCUT2D eigenvalue weighted by atomic mass is 16.3. The van der Waals surface area contributed by atoms with E-state index in [-0.39, 0.29) is 24.9 Å². The van der Waals surface area contributed by atoms with Gasteiger partial charge in [-0.05, 0) is 32.6 Å². The zero-order valence-electron chi connectivity index (χ0n) is 7.62. The zero-order valence-corrected chi connectivity index (χ0v) is 7.62. The lowest BCUT2D eigenvalue weighted by molar-refractivity contribution is -0.121. The fraction of sp³-hybridized carbons (Fsp3) is 0.889. The molecule has 0 spiro atoms. The number of hydrogen-bond donors (Lipinski definition) is 2. The van der Waals surface area contributed by atoms with Gasteiger partial charge in [0.25, 0.3) is 0 Å². The molecule has 0 aromatic carbocycles. The molecule has 3 nitrogen and oxygen atoms in total. The Bertz CT molecular complexity index is 115. The normalized spacial score (nSPS) is 10.7. The second-order valence-corrected chi connectivity index (χ2v) is 3.04. The van der Waals surface area contributed by atoms with Gasteiger partial charge in [0.05, 0.1) is 0 Å². The molecule has 0 amide bonds. The first-order valence-corrected chi connectivity index (χ1v) is 4.44. The van der Waals surface area contributed by atoms with E-state index in [1.807, 2.05) is 0 Å². The van der Waals surface area contributed by atoms with Gasteiger partial charge in [-0.1, -0.05) is 0 Å². The van der Waals surface area contributed by atoms with Crippen LogP contribution in [0.25, 0.3) is 0 Å². The summed E-state index contributed by atoms with van der Waals surface area (Å²) in [4.78, 5) is 11.0. The van der Waals surface area contributed by atoms with Crippen molar-refractivity contribution in [3.8, 4) is 0 Å². The van der Waals surface area contributed by atoms with Gasteiger partial charge in [0.15, 0.2) is 0 Å². The van der Waals surface area contributed by atoms with Crippen LogP contribution < -0.4 is 0 Å². The van der Waals surface area contributed by atoms with Gasteiger partial charge < -0.3 is 10.2 Å². The topological polar surface area (TPSA) is 57.5 Å². The highest BCUT2D eigenvalue weighted by Crippen LogP contribution is 2.13. The molecule has 0 radical (unpaired) electrons. The van der Waals surface area contributed by atoms with Gasteiger partial charge in [-0.2, -0.15) is 0 Å². The number of carbonyl (C=O) groups is 1. The second-order valence-electron chi connectivity index (χ2n) is 3.04. The lowest BCUT2D eigenvalue weighted by atomic mass is 9.94. The van der Waals surface area contributed by atoms with E-state index in [4.69, 9.17) is 10.2 Å². The Morgan fingerprint density at radius 2 is 1.58 bits per heavy atom. The van der Waals surface area contributed by atoms with E-state index in [2.05, 4.69) is 0 Å². The minimum absolute atomic E-state index is 0.0318. The number of Topliss-reactive ketones (excluding diaryl/α,β-unsaturated/α-hetero) is 1. The Kier molecular flexibility index (Phi) is 7.00. The molecule has 3 heteroatoms. The summed E-state index contributed by atoms with van der Waals surface area (Å²) in [6.45, 7) is 1.85. The van der Waals surface area contributed by atoms with Crippen LogP contribution in [-0.4, -0.2) is 29.2 Å². The van der Waals surface area contributed by atoms with Crippen molar-refractivity contribution in [2.75, 3.05) is 13.2 Å². The number of aliphatic hydroxyl groups is 2. The fourth-order valence-corrected chi connectivity index (χ4v) is 1.23. The smallest absolute Gasteiger partial charge is 0.132 e. The van der Waals surface area contributed by atoms with Gasteiger partial charge in [0, 0.05) is 19.1 Å². The highest BCUT2D eigenvalue weighted by molar-refractivity contribution is 5.78. The molecule has 12 heavy (non-hydrogen) atoms. The van der Waals surface area contributed by atoms with Crippen LogP contribution in [0.15, 0.2) is 0 Å². The quantitative estimate of drug-likeness (QED) is 0.598. The molecule has 0 aromatic rings. The standard InChI is InChI=1S/C9H18O3/c1-8(12)9(4-2-6-10)5-3-7-11/h9-11H,2-7H2,1H3. The maximum atomic E-state index is 11.0. The van der Waals surface area contributed by atoms with Gasteiger partial charge in [0.2, 0.25) is 0 Å². The predicted molar refractivity (Wildman–Crippen MR) is 46.8 cm³/mol. The second kappa shape index (κ2) is 7.25. The SMILES string of the molecule is CC(=O)C(CCCO)CCCO. The van der Waals surface area contributed by atoms with Crippen LogP contribution in [0.1, 0.15) is 32.6 Å². The Morgan fingerprint density at radius 3 is 1.83 bits per heavy atom. The third kappa shape index (κ3) is 5.27. The van der Waals surface area contributed by atoms with Crippen molar-refractivity contribution in [3.63, 3.8) is 0 Å². The maximum absolute atomic E-state index is 11.0. The van der Waals surface area contributed by atoms with Crippen LogP contribution in [0, 0.1) is 5.92 Å². The summed E-state index contributed by atoms with van der Waals surface area (Å²) in [7, 11) is 0. The fourth-order valence-electron chi connectivity index (χ4n) is 1.23. The van der Waals surface area contributed by atoms with Crippen molar-refractivity contribution in [1.82, 2.24) is 0 Å². The number of rotatable bonds is 7. The molecule has 0 heterocycles. The van der Waals surface area contributed by atoms with E-state index in [1.165, 1.54) is 0 Å². The number of hydrogen-bond acceptors (Lipinski definition) is 3. The largest absolute Gasteiger partial charge is 0.396 e. The Labute approximate surface area is 73.4 Å². The average molecular weight is 174 g/mol. The molecule has 0 saturated heterocycles. The zero-order chi connectivity index (χ0) is 9.40. The van der Waals surface area contributed by atoms with Gasteiger partial charge in [-0.25, -0.2) is 0 Å². The van der Waals surface area contributed by atoms with Crippen LogP contribution in [0.5, 0.6) is 0 Å². The van der Waals surface area contributed by atoms with E-state index < -0.39 is 0 Å². The van der Waals surface area contributed by atoms with Crippen LogP contribution >= 0.6 is 0 Å². The molecule has 0 unspecified atom stereocenters. The van der Waals surface area contributed by atoms with Crippen molar-refractivity contribution < 1.29 is 15.0 Å². The third-order valence-corrected chi connectivity index (χ3v) is 2.00. The summed E-state index contributed by atoms with van der Waals surface area (Å²) in [6, 6.07) is 0. The molecule has 0 aliphatic rings. The molecular weight excluding hydrogens is 156 g/mol. The van der Waals surface area contributed by atoms with Crippen molar-refractivity contribution in [2.24, 2.45) is 5.92 Å². The first kappa shape index (κ1) is 11.6. The Balaban J connectivity index is 3.62. The number of carbonyl (C=O) groups excluding carboxylic acids is 1.